The van der Waals surface area contributed by atoms with Gasteiger partial charge in [0.1, 0.15) is 11.4 Å². The van der Waals surface area contributed by atoms with Crippen LogP contribution in [-0.2, 0) is 11.2 Å². The maximum Gasteiger partial charge on any atom is 0.277 e. The van der Waals surface area contributed by atoms with Crippen LogP contribution in [0.4, 0.5) is 20.2 Å². The van der Waals surface area contributed by atoms with Crippen molar-refractivity contribution in [2.24, 2.45) is 5.73 Å². The van der Waals surface area contributed by atoms with Gasteiger partial charge in [0.25, 0.3) is 11.8 Å². The number of rotatable bonds is 4. The Morgan fingerprint density at radius 2 is 1.53 bits per heavy atom. The number of aromatic nitrogens is 2. The Labute approximate surface area is 193 Å². The third-order valence-electron chi connectivity index (χ3n) is 6.20. The molecule has 0 unspecified atom stereocenters. The monoisotopic (exact) mass is 465 g/mol. The standard InChI is InChI=1S/C24H21F2N5O3/c25-17-4-3-5-18(26)22(17)31-21-16(20(28-31)23(27)33)11-13-30(24(21)34)15-9-7-14(8-10-15)29-12-2-1-6-19(29)32/h3-5,7-10H,1-2,6,11-13H2,(H2,27,33). The highest BCUT2D eigenvalue weighted by Crippen LogP contribution is 2.31. The molecule has 3 amide bonds. The quantitative estimate of drug-likeness (QED) is 0.640. The number of carbonyl (C=O) groups excluding carboxylic acids is 3. The molecule has 0 atom stereocenters. The van der Waals surface area contributed by atoms with Crippen molar-refractivity contribution in [2.45, 2.75) is 25.7 Å². The Morgan fingerprint density at radius 1 is 0.882 bits per heavy atom. The van der Waals surface area contributed by atoms with Gasteiger partial charge in [0.05, 0.1) is 0 Å². The van der Waals surface area contributed by atoms with Crippen LogP contribution in [0, 0.1) is 11.6 Å². The van der Waals surface area contributed by atoms with Gasteiger partial charge < -0.3 is 15.5 Å². The molecule has 2 aromatic carbocycles. The van der Waals surface area contributed by atoms with E-state index in [-0.39, 0.29) is 35.8 Å². The number of piperidine rings is 1. The van der Waals surface area contributed by atoms with Crippen LogP contribution in [0.5, 0.6) is 0 Å². The lowest BCUT2D eigenvalue weighted by atomic mass is 10.0. The number of fused-ring (bicyclic) bond motifs is 1. The number of halogens is 2. The molecule has 0 saturated carbocycles. The highest BCUT2D eigenvalue weighted by atomic mass is 19.1. The van der Waals surface area contributed by atoms with E-state index in [4.69, 9.17) is 5.73 Å². The lowest BCUT2D eigenvalue weighted by Crippen LogP contribution is -2.39. The van der Waals surface area contributed by atoms with Gasteiger partial charge in [-0.2, -0.15) is 5.10 Å². The third-order valence-corrected chi connectivity index (χ3v) is 6.20. The second kappa shape index (κ2) is 8.36. The molecule has 10 heteroatoms. The fourth-order valence-corrected chi connectivity index (χ4v) is 4.55. The first-order chi connectivity index (χ1) is 16.4. The lowest BCUT2D eigenvalue weighted by molar-refractivity contribution is -0.119. The van der Waals surface area contributed by atoms with Gasteiger partial charge in [0.15, 0.2) is 17.3 Å². The molecule has 34 heavy (non-hydrogen) atoms. The highest BCUT2D eigenvalue weighted by molar-refractivity contribution is 6.09. The molecule has 8 nitrogen and oxygen atoms in total. The maximum atomic E-state index is 14.5. The number of para-hydroxylation sites is 1. The minimum absolute atomic E-state index is 0.0625. The largest absolute Gasteiger partial charge is 0.364 e. The van der Waals surface area contributed by atoms with Gasteiger partial charge in [-0.05, 0) is 55.7 Å². The summed E-state index contributed by atoms with van der Waals surface area (Å²) in [5.74, 6) is -3.25. The average molecular weight is 465 g/mol. The molecule has 1 fully saturated rings. The summed E-state index contributed by atoms with van der Waals surface area (Å²) in [6, 6.07) is 10.3. The van der Waals surface area contributed by atoms with Crippen molar-refractivity contribution < 1.29 is 23.2 Å². The van der Waals surface area contributed by atoms with Gasteiger partial charge >= 0.3 is 0 Å². The van der Waals surface area contributed by atoms with Gasteiger partial charge in [0.2, 0.25) is 5.91 Å². The van der Waals surface area contributed by atoms with Gasteiger partial charge in [-0.15, -0.1) is 0 Å². The first-order valence-electron chi connectivity index (χ1n) is 10.9. The normalized spacial score (nSPS) is 16.1. The summed E-state index contributed by atoms with van der Waals surface area (Å²) in [7, 11) is 0. The van der Waals surface area contributed by atoms with Crippen molar-refractivity contribution >= 4 is 29.1 Å². The Hall–Kier alpha value is -4.08. The van der Waals surface area contributed by atoms with Crippen LogP contribution in [0.1, 0.15) is 45.8 Å². The first-order valence-corrected chi connectivity index (χ1v) is 10.9. The molecule has 0 aliphatic carbocycles. The van der Waals surface area contributed by atoms with E-state index in [0.717, 1.165) is 35.3 Å². The molecule has 2 aliphatic rings. The summed E-state index contributed by atoms with van der Waals surface area (Å²) < 4.78 is 29.9. The van der Waals surface area contributed by atoms with Crippen molar-refractivity contribution in [1.82, 2.24) is 9.78 Å². The summed E-state index contributed by atoms with van der Waals surface area (Å²) in [5.41, 5.74) is 6.13. The van der Waals surface area contributed by atoms with E-state index in [1.807, 2.05) is 0 Å². The molecule has 1 aromatic heterocycles. The molecule has 174 valence electrons. The number of hydrogen-bond donors (Lipinski definition) is 1. The Morgan fingerprint density at radius 3 is 2.15 bits per heavy atom. The number of anilines is 2. The zero-order chi connectivity index (χ0) is 24.0. The zero-order valence-electron chi connectivity index (χ0n) is 18.1. The number of carbonyl (C=O) groups is 3. The molecular weight excluding hydrogens is 444 g/mol. The summed E-state index contributed by atoms with van der Waals surface area (Å²) in [5, 5.41) is 4.02. The smallest absolute Gasteiger partial charge is 0.277 e. The van der Waals surface area contributed by atoms with E-state index in [1.165, 1.54) is 11.0 Å². The van der Waals surface area contributed by atoms with Gasteiger partial charge in [0, 0.05) is 36.4 Å². The van der Waals surface area contributed by atoms with E-state index in [1.54, 1.807) is 29.2 Å². The summed E-state index contributed by atoms with van der Waals surface area (Å²) in [4.78, 5) is 40.9. The van der Waals surface area contributed by atoms with Crippen LogP contribution in [0.25, 0.3) is 5.69 Å². The van der Waals surface area contributed by atoms with E-state index >= 15 is 0 Å². The predicted octanol–water partition coefficient (Wildman–Crippen LogP) is 2.97. The van der Waals surface area contributed by atoms with Gasteiger partial charge in [-0.3, -0.25) is 14.4 Å². The Kier molecular flexibility index (Phi) is 5.35. The van der Waals surface area contributed by atoms with E-state index < -0.39 is 29.1 Å². The van der Waals surface area contributed by atoms with Crippen LogP contribution in [0.3, 0.4) is 0 Å². The average Bonchev–Trinajstić information content (AvgIpc) is 3.20. The van der Waals surface area contributed by atoms with E-state index in [0.29, 0.717) is 18.7 Å². The Balaban J connectivity index is 1.54. The molecular formula is C24H21F2N5O3. The predicted molar refractivity (Wildman–Crippen MR) is 120 cm³/mol. The van der Waals surface area contributed by atoms with E-state index in [9.17, 15) is 23.2 Å². The highest BCUT2D eigenvalue weighted by Gasteiger charge is 2.36. The van der Waals surface area contributed by atoms with Crippen molar-refractivity contribution in [3.8, 4) is 5.69 Å². The van der Waals surface area contributed by atoms with Crippen LogP contribution in [-0.4, -0.2) is 40.6 Å². The minimum Gasteiger partial charge on any atom is -0.364 e. The minimum atomic E-state index is -0.929. The maximum absolute atomic E-state index is 14.5. The molecule has 3 heterocycles. The summed E-state index contributed by atoms with van der Waals surface area (Å²) >= 11 is 0. The van der Waals surface area contributed by atoms with Gasteiger partial charge in [-0.1, -0.05) is 6.07 Å². The zero-order valence-corrected chi connectivity index (χ0v) is 18.1. The number of nitrogens with zero attached hydrogens (tertiary/aromatic N) is 4. The number of benzene rings is 2. The van der Waals surface area contributed by atoms with Crippen molar-refractivity contribution in [1.29, 1.82) is 0 Å². The fourth-order valence-electron chi connectivity index (χ4n) is 4.55. The molecule has 0 spiro atoms. The molecule has 0 radical (unpaired) electrons. The Bertz CT molecular complexity index is 1300. The molecule has 2 N–H and O–H groups in total. The van der Waals surface area contributed by atoms with Crippen molar-refractivity contribution in [3.05, 3.63) is 71.1 Å². The summed E-state index contributed by atoms with van der Waals surface area (Å²) in [6.45, 7) is 0.868. The van der Waals surface area contributed by atoms with Crippen LogP contribution in [0.15, 0.2) is 42.5 Å². The second-order valence-electron chi connectivity index (χ2n) is 8.25. The summed E-state index contributed by atoms with van der Waals surface area (Å²) in [6.07, 6.45) is 2.54. The topological polar surface area (TPSA) is 102 Å². The third kappa shape index (κ3) is 3.51. The van der Waals surface area contributed by atoms with Crippen LogP contribution in [0.2, 0.25) is 0 Å². The van der Waals surface area contributed by atoms with Crippen molar-refractivity contribution in [3.63, 3.8) is 0 Å². The molecule has 1 saturated heterocycles. The van der Waals surface area contributed by atoms with E-state index in [2.05, 4.69) is 5.10 Å². The molecule has 5 rings (SSSR count). The van der Waals surface area contributed by atoms with Crippen LogP contribution < -0.4 is 15.5 Å². The molecule has 2 aliphatic heterocycles. The fraction of sp³-hybridized carbons (Fsp3) is 0.250. The van der Waals surface area contributed by atoms with Crippen LogP contribution >= 0.6 is 0 Å². The second-order valence-corrected chi connectivity index (χ2v) is 8.25. The number of amides is 3. The van der Waals surface area contributed by atoms with Crippen molar-refractivity contribution in [2.75, 3.05) is 22.9 Å². The number of nitrogens with two attached hydrogens (primary N) is 1. The lowest BCUT2D eigenvalue weighted by Gasteiger charge is -2.29. The number of hydrogen-bond acceptors (Lipinski definition) is 4. The number of primary amides is 1. The SMILES string of the molecule is NC(=O)c1nn(-c2c(F)cccc2F)c2c1CCN(c1ccc(N3CCCCC3=O)cc1)C2=O. The van der Waals surface area contributed by atoms with Gasteiger partial charge in [-0.25, -0.2) is 13.5 Å². The molecule has 0 bridgehead atoms. The first kappa shape index (κ1) is 21.7. The molecule has 3 aromatic rings.